The van der Waals surface area contributed by atoms with Gasteiger partial charge in [-0.15, -0.1) is 0 Å². The second-order valence-corrected chi connectivity index (χ2v) is 8.52. The average molecular weight is 430 g/mol. The van der Waals surface area contributed by atoms with Crippen LogP contribution < -0.4 is 0 Å². The highest BCUT2D eigenvalue weighted by Gasteiger charge is 2.32. The fraction of sp³-hybridized carbons (Fsp3) is 0.316. The van der Waals surface area contributed by atoms with Crippen LogP contribution in [0, 0.1) is 5.82 Å². The fourth-order valence-electron chi connectivity index (χ4n) is 3.10. The lowest BCUT2D eigenvalue weighted by Gasteiger charge is -2.22. The third-order valence-electron chi connectivity index (χ3n) is 4.63. The van der Waals surface area contributed by atoms with Gasteiger partial charge in [0, 0.05) is 31.7 Å². The average Bonchev–Trinajstić information content (AvgIpc) is 2.94. The molecule has 2 aromatic rings. The first-order valence-electron chi connectivity index (χ1n) is 8.81. The zero-order valence-electron chi connectivity index (χ0n) is 15.2. The Morgan fingerprint density at radius 1 is 0.931 bits per heavy atom. The number of amides is 1. The topological polar surface area (TPSA) is 57.7 Å². The first-order chi connectivity index (χ1) is 13.6. The van der Waals surface area contributed by atoms with E-state index < -0.39 is 33.5 Å². The molecule has 0 N–H and O–H groups in total. The summed E-state index contributed by atoms with van der Waals surface area (Å²) in [7, 11) is -3.86. The van der Waals surface area contributed by atoms with E-state index in [-0.39, 0.29) is 36.6 Å². The van der Waals surface area contributed by atoms with Gasteiger partial charge in [-0.25, -0.2) is 12.8 Å². The Morgan fingerprint density at radius 3 is 2.28 bits per heavy atom. The van der Waals surface area contributed by atoms with Gasteiger partial charge in [0.15, 0.2) is 0 Å². The second kappa shape index (κ2) is 8.11. The van der Waals surface area contributed by atoms with Crippen molar-refractivity contribution >= 4 is 15.9 Å². The first-order valence-corrected chi connectivity index (χ1v) is 10.3. The van der Waals surface area contributed by atoms with E-state index in [1.54, 1.807) is 0 Å². The number of hydrogen-bond acceptors (Lipinski definition) is 3. The van der Waals surface area contributed by atoms with Gasteiger partial charge in [-0.05, 0) is 48.9 Å². The maximum absolute atomic E-state index is 13.1. The van der Waals surface area contributed by atoms with Crippen molar-refractivity contribution in [2.75, 3.05) is 26.2 Å². The van der Waals surface area contributed by atoms with Crippen molar-refractivity contribution in [2.45, 2.75) is 17.5 Å². The molecule has 10 heteroatoms. The number of carbonyl (C=O) groups is 1. The van der Waals surface area contributed by atoms with E-state index in [0.717, 1.165) is 24.3 Å². The summed E-state index contributed by atoms with van der Waals surface area (Å²) in [6.07, 6.45) is -4.24. The van der Waals surface area contributed by atoms with Gasteiger partial charge in [-0.3, -0.25) is 4.79 Å². The van der Waals surface area contributed by atoms with Gasteiger partial charge in [0.1, 0.15) is 5.82 Å². The molecule has 5 nitrogen and oxygen atoms in total. The Hall–Kier alpha value is -2.46. The van der Waals surface area contributed by atoms with E-state index in [4.69, 9.17) is 0 Å². The van der Waals surface area contributed by atoms with Crippen LogP contribution in [-0.4, -0.2) is 49.7 Å². The summed E-state index contributed by atoms with van der Waals surface area (Å²) in [5.41, 5.74) is -1.02. The molecule has 0 aromatic heterocycles. The molecule has 156 valence electrons. The molecular weight excluding hydrogens is 412 g/mol. The molecule has 1 aliphatic rings. The smallest absolute Gasteiger partial charge is 0.337 e. The molecule has 0 saturated carbocycles. The third kappa shape index (κ3) is 4.76. The van der Waals surface area contributed by atoms with Crippen LogP contribution in [0.15, 0.2) is 53.4 Å². The van der Waals surface area contributed by atoms with Gasteiger partial charge in [0.05, 0.1) is 10.5 Å². The summed E-state index contributed by atoms with van der Waals surface area (Å²) in [5, 5.41) is 0. The number of alkyl halides is 3. The second-order valence-electron chi connectivity index (χ2n) is 6.58. The van der Waals surface area contributed by atoms with Crippen molar-refractivity contribution in [3.8, 4) is 0 Å². The highest BCUT2D eigenvalue weighted by Crippen LogP contribution is 2.30. The van der Waals surface area contributed by atoms with Gasteiger partial charge in [-0.2, -0.15) is 17.5 Å². The highest BCUT2D eigenvalue weighted by molar-refractivity contribution is 7.89. The van der Waals surface area contributed by atoms with Crippen molar-refractivity contribution in [2.24, 2.45) is 0 Å². The summed E-state index contributed by atoms with van der Waals surface area (Å²) < 4.78 is 78.4. The zero-order valence-corrected chi connectivity index (χ0v) is 16.0. The molecule has 0 aliphatic carbocycles. The maximum atomic E-state index is 13.1. The normalized spacial score (nSPS) is 16.5. The molecule has 1 aliphatic heterocycles. The van der Waals surface area contributed by atoms with Gasteiger partial charge in [-0.1, -0.05) is 6.07 Å². The van der Waals surface area contributed by atoms with Crippen molar-refractivity contribution < 1.29 is 30.8 Å². The summed E-state index contributed by atoms with van der Waals surface area (Å²) in [5.74, 6) is -1.14. The minimum atomic E-state index is -4.56. The Morgan fingerprint density at radius 2 is 1.62 bits per heavy atom. The number of benzene rings is 2. The molecule has 0 unspecified atom stereocenters. The molecule has 0 atom stereocenters. The summed E-state index contributed by atoms with van der Waals surface area (Å²) in [6.45, 7) is 0.385. The number of carbonyl (C=O) groups excluding carboxylic acids is 1. The Balaban J connectivity index is 1.74. The quantitative estimate of drug-likeness (QED) is 0.702. The van der Waals surface area contributed by atoms with E-state index in [1.807, 2.05) is 0 Å². The molecule has 3 rings (SSSR count). The van der Waals surface area contributed by atoms with Crippen LogP contribution in [0.4, 0.5) is 17.6 Å². The Labute approximate surface area is 165 Å². The third-order valence-corrected chi connectivity index (χ3v) is 6.54. The molecule has 0 spiro atoms. The number of nitrogens with zero attached hydrogens (tertiary/aromatic N) is 2. The molecule has 1 saturated heterocycles. The van der Waals surface area contributed by atoms with Crippen LogP contribution >= 0.6 is 0 Å². The van der Waals surface area contributed by atoms with Crippen LogP contribution in [0.5, 0.6) is 0 Å². The first kappa shape index (κ1) is 21.3. The molecular formula is C19H18F4N2O3S. The van der Waals surface area contributed by atoms with Gasteiger partial charge < -0.3 is 4.90 Å². The largest absolute Gasteiger partial charge is 0.416 e. The summed E-state index contributed by atoms with van der Waals surface area (Å²) in [4.78, 5) is 13.9. The molecule has 1 heterocycles. The van der Waals surface area contributed by atoms with Crippen LogP contribution in [0.1, 0.15) is 22.3 Å². The number of hydrogen-bond donors (Lipinski definition) is 0. The molecule has 2 aromatic carbocycles. The molecule has 29 heavy (non-hydrogen) atoms. The van der Waals surface area contributed by atoms with Crippen LogP contribution in [-0.2, 0) is 16.2 Å². The minimum Gasteiger partial charge on any atom is -0.337 e. The van der Waals surface area contributed by atoms with Crippen molar-refractivity contribution in [3.63, 3.8) is 0 Å². The van der Waals surface area contributed by atoms with Crippen molar-refractivity contribution in [3.05, 3.63) is 65.5 Å². The number of rotatable bonds is 3. The van der Waals surface area contributed by atoms with Crippen LogP contribution in [0.2, 0.25) is 0 Å². The number of halogens is 4. The Bertz CT molecular complexity index is 991. The predicted molar refractivity (Wildman–Crippen MR) is 97.1 cm³/mol. The lowest BCUT2D eigenvalue weighted by Crippen LogP contribution is -2.37. The summed E-state index contributed by atoms with van der Waals surface area (Å²) in [6, 6.07) is 8.58. The standard InChI is InChI=1S/C19H18F4N2O3S/c20-16-5-7-17(8-6-16)29(27,28)25-10-2-9-24(11-12-25)18(26)14-3-1-4-15(13-14)19(21,22)23/h1,3-8,13H,2,9-12H2. The van der Waals surface area contributed by atoms with Gasteiger partial charge in [0.25, 0.3) is 5.91 Å². The fourth-order valence-corrected chi connectivity index (χ4v) is 4.57. The Kier molecular flexibility index (Phi) is 5.95. The van der Waals surface area contributed by atoms with E-state index in [1.165, 1.54) is 33.5 Å². The highest BCUT2D eigenvalue weighted by atomic mass is 32.2. The van der Waals surface area contributed by atoms with E-state index in [0.29, 0.717) is 6.42 Å². The van der Waals surface area contributed by atoms with E-state index in [2.05, 4.69) is 0 Å². The van der Waals surface area contributed by atoms with Gasteiger partial charge in [0.2, 0.25) is 10.0 Å². The molecule has 0 bridgehead atoms. The van der Waals surface area contributed by atoms with Crippen molar-refractivity contribution in [1.82, 2.24) is 9.21 Å². The zero-order chi connectivity index (χ0) is 21.2. The lowest BCUT2D eigenvalue weighted by atomic mass is 10.1. The minimum absolute atomic E-state index is 0.00951. The summed E-state index contributed by atoms with van der Waals surface area (Å²) >= 11 is 0. The lowest BCUT2D eigenvalue weighted by molar-refractivity contribution is -0.137. The van der Waals surface area contributed by atoms with Crippen LogP contribution in [0.25, 0.3) is 0 Å². The number of sulfonamides is 1. The monoisotopic (exact) mass is 430 g/mol. The van der Waals surface area contributed by atoms with E-state index >= 15 is 0 Å². The molecule has 1 fully saturated rings. The predicted octanol–water partition coefficient (Wildman–Crippen LogP) is 3.38. The maximum Gasteiger partial charge on any atom is 0.416 e. The molecule has 1 amide bonds. The van der Waals surface area contributed by atoms with Crippen molar-refractivity contribution in [1.29, 1.82) is 0 Å². The van der Waals surface area contributed by atoms with Crippen LogP contribution in [0.3, 0.4) is 0 Å². The SMILES string of the molecule is O=C(c1cccc(C(F)(F)F)c1)N1CCCN(S(=O)(=O)c2ccc(F)cc2)CC1. The van der Waals surface area contributed by atoms with E-state index in [9.17, 15) is 30.8 Å². The van der Waals surface area contributed by atoms with Gasteiger partial charge >= 0.3 is 6.18 Å². The molecule has 0 radical (unpaired) electrons.